The Morgan fingerprint density at radius 2 is 2.00 bits per heavy atom. The number of furan rings is 1. The molecule has 1 aliphatic rings. The molecule has 0 aromatic carbocycles. The van der Waals surface area contributed by atoms with Gasteiger partial charge in [0.05, 0.1) is 6.04 Å². The molecular formula is C13H19F3N2O2. The molecular weight excluding hydrogens is 273 g/mol. The average Bonchev–Trinajstić information content (AvgIpc) is 2.88. The third-order valence-corrected chi connectivity index (χ3v) is 3.46. The standard InChI is InChI=1S/C13H19F3N2O2/c14-13(15,16)4-3-11(18-7-5-17-6-8-18)12-2-1-10(9-19)20-12/h1-2,11,17,19H,3-9H2/t11-/m0/s1. The van der Waals surface area contributed by atoms with Gasteiger partial charge < -0.3 is 14.8 Å². The quantitative estimate of drug-likeness (QED) is 0.872. The lowest BCUT2D eigenvalue weighted by Crippen LogP contribution is -2.45. The van der Waals surface area contributed by atoms with Gasteiger partial charge in [0.25, 0.3) is 0 Å². The molecule has 2 heterocycles. The van der Waals surface area contributed by atoms with Crippen LogP contribution >= 0.6 is 0 Å². The zero-order valence-electron chi connectivity index (χ0n) is 11.1. The van der Waals surface area contributed by atoms with E-state index in [1.54, 1.807) is 12.1 Å². The van der Waals surface area contributed by atoms with Crippen molar-refractivity contribution in [3.8, 4) is 0 Å². The summed E-state index contributed by atoms with van der Waals surface area (Å²) in [5.41, 5.74) is 0. The Kier molecular flexibility index (Phi) is 5.06. The molecule has 0 spiro atoms. The van der Waals surface area contributed by atoms with Crippen LogP contribution in [0.5, 0.6) is 0 Å². The SMILES string of the molecule is OCc1ccc([C@H](CCC(F)(F)F)N2CCNCC2)o1. The van der Waals surface area contributed by atoms with Crippen molar-refractivity contribution in [3.05, 3.63) is 23.7 Å². The third-order valence-electron chi connectivity index (χ3n) is 3.46. The minimum absolute atomic E-state index is 0.0259. The first-order valence-corrected chi connectivity index (χ1v) is 6.70. The van der Waals surface area contributed by atoms with Crippen LogP contribution in [0.25, 0.3) is 0 Å². The highest BCUT2D eigenvalue weighted by Crippen LogP contribution is 2.32. The van der Waals surface area contributed by atoms with Crippen LogP contribution in [0.4, 0.5) is 13.2 Å². The fraction of sp³-hybridized carbons (Fsp3) is 0.692. The van der Waals surface area contributed by atoms with Crippen LogP contribution in [0.1, 0.15) is 30.4 Å². The third kappa shape index (κ3) is 4.22. The first kappa shape index (κ1) is 15.3. The number of rotatable bonds is 5. The van der Waals surface area contributed by atoms with Crippen molar-refractivity contribution in [3.63, 3.8) is 0 Å². The van der Waals surface area contributed by atoms with Crippen molar-refractivity contribution in [2.75, 3.05) is 26.2 Å². The Bertz CT molecular complexity index is 414. The van der Waals surface area contributed by atoms with Crippen molar-refractivity contribution in [2.45, 2.75) is 31.7 Å². The lowest BCUT2D eigenvalue weighted by atomic mass is 10.1. The van der Waals surface area contributed by atoms with Crippen molar-refractivity contribution in [2.24, 2.45) is 0 Å². The highest BCUT2D eigenvalue weighted by molar-refractivity contribution is 5.11. The number of alkyl halides is 3. The van der Waals surface area contributed by atoms with E-state index in [0.717, 1.165) is 13.1 Å². The number of halogens is 3. The van der Waals surface area contributed by atoms with Gasteiger partial charge in [0.2, 0.25) is 0 Å². The smallest absolute Gasteiger partial charge is 0.389 e. The van der Waals surface area contributed by atoms with E-state index in [1.165, 1.54) is 0 Å². The molecule has 0 saturated carbocycles. The number of nitrogens with zero attached hydrogens (tertiary/aromatic N) is 1. The molecule has 20 heavy (non-hydrogen) atoms. The number of nitrogens with one attached hydrogen (secondary N) is 1. The first-order chi connectivity index (χ1) is 9.49. The maximum absolute atomic E-state index is 12.5. The van der Waals surface area contributed by atoms with E-state index in [-0.39, 0.29) is 19.1 Å². The van der Waals surface area contributed by atoms with Gasteiger partial charge in [0.15, 0.2) is 0 Å². The maximum atomic E-state index is 12.5. The highest BCUT2D eigenvalue weighted by Gasteiger charge is 2.32. The summed E-state index contributed by atoms with van der Waals surface area (Å²) in [5.74, 6) is 0.882. The minimum atomic E-state index is -4.17. The van der Waals surface area contributed by atoms with Gasteiger partial charge in [-0.05, 0) is 18.6 Å². The second kappa shape index (κ2) is 6.60. The molecule has 2 rings (SSSR count). The molecule has 0 unspecified atom stereocenters. The monoisotopic (exact) mass is 292 g/mol. The van der Waals surface area contributed by atoms with Gasteiger partial charge in [0.1, 0.15) is 18.1 Å². The number of aliphatic hydroxyl groups excluding tert-OH is 1. The Balaban J connectivity index is 2.09. The van der Waals surface area contributed by atoms with E-state index in [1.807, 2.05) is 4.90 Å². The number of aliphatic hydroxyl groups is 1. The Labute approximate surface area is 115 Å². The summed E-state index contributed by atoms with van der Waals surface area (Å²) in [6.07, 6.45) is -5.03. The summed E-state index contributed by atoms with van der Waals surface area (Å²) in [6, 6.07) is 2.88. The minimum Gasteiger partial charge on any atom is -0.462 e. The zero-order valence-corrected chi connectivity index (χ0v) is 11.1. The lowest BCUT2D eigenvalue weighted by molar-refractivity contribution is -0.139. The number of piperazine rings is 1. The summed E-state index contributed by atoms with van der Waals surface area (Å²) < 4.78 is 42.8. The molecule has 0 amide bonds. The summed E-state index contributed by atoms with van der Waals surface area (Å²) in [4.78, 5) is 2.00. The second-order valence-electron chi connectivity index (χ2n) is 4.92. The van der Waals surface area contributed by atoms with Gasteiger partial charge in [-0.2, -0.15) is 13.2 Å². The molecule has 0 bridgehead atoms. The molecule has 1 aromatic rings. The van der Waals surface area contributed by atoms with Crippen molar-refractivity contribution in [1.29, 1.82) is 0 Å². The van der Waals surface area contributed by atoms with Gasteiger partial charge >= 0.3 is 6.18 Å². The molecule has 1 aliphatic heterocycles. The van der Waals surface area contributed by atoms with E-state index in [0.29, 0.717) is 24.6 Å². The second-order valence-corrected chi connectivity index (χ2v) is 4.92. The molecule has 1 aromatic heterocycles. The first-order valence-electron chi connectivity index (χ1n) is 6.70. The van der Waals surface area contributed by atoms with Crippen LogP contribution < -0.4 is 5.32 Å². The van der Waals surface area contributed by atoms with Crippen LogP contribution in [0, 0.1) is 0 Å². The molecule has 1 saturated heterocycles. The summed E-state index contributed by atoms with van der Waals surface area (Å²) in [5, 5.41) is 12.2. The van der Waals surface area contributed by atoms with E-state index < -0.39 is 12.6 Å². The Hall–Kier alpha value is -1.05. The molecule has 4 nitrogen and oxygen atoms in total. The van der Waals surface area contributed by atoms with Crippen molar-refractivity contribution < 1.29 is 22.7 Å². The predicted octanol–water partition coefficient (Wildman–Crippen LogP) is 2.06. The average molecular weight is 292 g/mol. The fourth-order valence-electron chi connectivity index (χ4n) is 2.46. The van der Waals surface area contributed by atoms with Gasteiger partial charge in [-0.1, -0.05) is 0 Å². The van der Waals surface area contributed by atoms with Crippen LogP contribution in [0.15, 0.2) is 16.5 Å². The summed E-state index contributed by atoms with van der Waals surface area (Å²) in [6.45, 7) is 2.66. The highest BCUT2D eigenvalue weighted by atomic mass is 19.4. The topological polar surface area (TPSA) is 48.6 Å². The van der Waals surface area contributed by atoms with Gasteiger partial charge in [-0.3, -0.25) is 4.90 Å². The Morgan fingerprint density at radius 1 is 1.30 bits per heavy atom. The van der Waals surface area contributed by atoms with Crippen LogP contribution in [-0.4, -0.2) is 42.4 Å². The molecule has 7 heteroatoms. The van der Waals surface area contributed by atoms with Crippen molar-refractivity contribution >= 4 is 0 Å². The molecule has 1 fully saturated rings. The van der Waals surface area contributed by atoms with E-state index in [4.69, 9.17) is 9.52 Å². The van der Waals surface area contributed by atoms with Crippen molar-refractivity contribution in [1.82, 2.24) is 10.2 Å². The largest absolute Gasteiger partial charge is 0.462 e. The maximum Gasteiger partial charge on any atom is 0.389 e. The van der Waals surface area contributed by atoms with E-state index in [2.05, 4.69) is 5.32 Å². The molecule has 0 radical (unpaired) electrons. The van der Waals surface area contributed by atoms with Crippen LogP contribution in [0.3, 0.4) is 0 Å². The number of hydrogen-bond acceptors (Lipinski definition) is 4. The summed E-state index contributed by atoms with van der Waals surface area (Å²) in [7, 11) is 0. The van der Waals surface area contributed by atoms with E-state index in [9.17, 15) is 13.2 Å². The predicted molar refractivity (Wildman–Crippen MR) is 67.1 cm³/mol. The Morgan fingerprint density at radius 3 is 2.55 bits per heavy atom. The van der Waals surface area contributed by atoms with E-state index >= 15 is 0 Å². The summed E-state index contributed by atoms with van der Waals surface area (Å²) >= 11 is 0. The molecule has 1 atom stereocenters. The fourth-order valence-corrected chi connectivity index (χ4v) is 2.46. The zero-order chi connectivity index (χ0) is 14.6. The van der Waals surface area contributed by atoms with Gasteiger partial charge in [0, 0.05) is 32.6 Å². The normalized spacial score (nSPS) is 19.2. The van der Waals surface area contributed by atoms with Gasteiger partial charge in [-0.25, -0.2) is 0 Å². The van der Waals surface area contributed by atoms with Gasteiger partial charge in [-0.15, -0.1) is 0 Å². The lowest BCUT2D eigenvalue weighted by Gasteiger charge is -2.34. The molecule has 114 valence electrons. The molecule has 0 aliphatic carbocycles. The molecule has 2 N–H and O–H groups in total. The van der Waals surface area contributed by atoms with Crippen LogP contribution in [-0.2, 0) is 6.61 Å². The number of hydrogen-bond donors (Lipinski definition) is 2. The van der Waals surface area contributed by atoms with Crippen LogP contribution in [0.2, 0.25) is 0 Å².